The number of aryl methyl sites for hydroxylation is 1. The van der Waals surface area contributed by atoms with E-state index in [2.05, 4.69) is 4.74 Å². The fraction of sp³-hybridized carbons (Fsp3) is 0.364. The number of Topliss-reactive ketones (excluding diaryl/α,β-unsaturated/α-hetero) is 1. The molecule has 100 valence electrons. The average Bonchev–Trinajstić information content (AvgIpc) is 2.21. The summed E-state index contributed by atoms with van der Waals surface area (Å²) in [5, 5.41) is 0. The summed E-state index contributed by atoms with van der Waals surface area (Å²) in [6.07, 6.45) is -4.56. The first kappa shape index (κ1) is 14.6. The molecule has 0 aliphatic carbocycles. The fourth-order valence-electron chi connectivity index (χ4n) is 1.21. The Bertz CT molecular complexity index is 453. The van der Waals surface area contributed by atoms with E-state index >= 15 is 0 Å². The van der Waals surface area contributed by atoms with Gasteiger partial charge in [-0.1, -0.05) is 0 Å². The summed E-state index contributed by atoms with van der Waals surface area (Å²) in [6.45, 7) is -1.20. The van der Waals surface area contributed by atoms with Crippen molar-refractivity contribution in [2.45, 2.75) is 13.1 Å². The van der Waals surface area contributed by atoms with E-state index < -0.39 is 42.4 Å². The summed E-state index contributed by atoms with van der Waals surface area (Å²) < 4.78 is 65.4. The molecule has 0 radical (unpaired) electrons. The Hall–Kier alpha value is -1.50. The molecule has 0 saturated carbocycles. The number of ether oxygens (including phenoxy) is 1. The van der Waals surface area contributed by atoms with Crippen LogP contribution in [0.15, 0.2) is 12.1 Å². The van der Waals surface area contributed by atoms with Gasteiger partial charge in [-0.2, -0.15) is 13.2 Å². The van der Waals surface area contributed by atoms with Crippen LogP contribution in [0.2, 0.25) is 0 Å². The Labute approximate surface area is 99.4 Å². The van der Waals surface area contributed by atoms with E-state index in [1.165, 1.54) is 6.92 Å². The molecule has 0 heterocycles. The second kappa shape index (κ2) is 5.43. The van der Waals surface area contributed by atoms with Gasteiger partial charge >= 0.3 is 6.18 Å². The third kappa shape index (κ3) is 4.06. The van der Waals surface area contributed by atoms with E-state index in [0.29, 0.717) is 6.07 Å². The predicted molar refractivity (Wildman–Crippen MR) is 52.3 cm³/mol. The third-order valence-electron chi connectivity index (χ3n) is 2.05. The first-order chi connectivity index (χ1) is 8.20. The highest BCUT2D eigenvalue weighted by atomic mass is 19.4. The minimum atomic E-state index is -4.56. The molecule has 0 atom stereocenters. The molecule has 0 fully saturated rings. The van der Waals surface area contributed by atoms with Gasteiger partial charge < -0.3 is 4.74 Å². The van der Waals surface area contributed by atoms with Crippen LogP contribution in [0.1, 0.15) is 15.9 Å². The standard InChI is InChI=1S/C11H9F5O2/c1-6-2-7(9(13)3-8(6)12)10(17)4-18-5-11(14,15)16/h2-3H,4-5H2,1H3. The monoisotopic (exact) mass is 268 g/mol. The van der Waals surface area contributed by atoms with E-state index in [0.717, 1.165) is 6.07 Å². The normalized spacial score (nSPS) is 11.7. The van der Waals surface area contributed by atoms with Gasteiger partial charge in [-0.25, -0.2) is 8.78 Å². The Balaban J connectivity index is 2.70. The number of benzene rings is 1. The second-order valence-electron chi connectivity index (χ2n) is 3.61. The van der Waals surface area contributed by atoms with Crippen LogP contribution in [0.4, 0.5) is 22.0 Å². The van der Waals surface area contributed by atoms with Crippen LogP contribution < -0.4 is 0 Å². The van der Waals surface area contributed by atoms with Crippen LogP contribution in [-0.2, 0) is 4.74 Å². The van der Waals surface area contributed by atoms with Crippen LogP contribution in [-0.4, -0.2) is 25.2 Å². The number of ketones is 1. The van der Waals surface area contributed by atoms with Crippen LogP contribution >= 0.6 is 0 Å². The molecule has 0 aliphatic rings. The van der Waals surface area contributed by atoms with Crippen molar-refractivity contribution in [2.75, 3.05) is 13.2 Å². The fourth-order valence-corrected chi connectivity index (χ4v) is 1.21. The molecular formula is C11H9F5O2. The number of carbonyl (C=O) groups is 1. The zero-order chi connectivity index (χ0) is 13.9. The molecule has 0 aromatic heterocycles. The molecule has 0 N–H and O–H groups in total. The van der Waals surface area contributed by atoms with Gasteiger partial charge in [0.25, 0.3) is 0 Å². The molecule has 1 aromatic carbocycles. The highest BCUT2D eigenvalue weighted by molar-refractivity contribution is 5.97. The highest BCUT2D eigenvalue weighted by Crippen LogP contribution is 2.17. The molecule has 7 heteroatoms. The van der Waals surface area contributed by atoms with Gasteiger partial charge in [-0.15, -0.1) is 0 Å². The van der Waals surface area contributed by atoms with Crippen LogP contribution in [0.5, 0.6) is 0 Å². The van der Waals surface area contributed by atoms with Crippen molar-refractivity contribution in [1.82, 2.24) is 0 Å². The van der Waals surface area contributed by atoms with Gasteiger partial charge in [0.1, 0.15) is 24.8 Å². The second-order valence-corrected chi connectivity index (χ2v) is 3.61. The van der Waals surface area contributed by atoms with Crippen molar-refractivity contribution in [1.29, 1.82) is 0 Å². The Kier molecular flexibility index (Phi) is 4.39. The molecule has 0 bridgehead atoms. The molecule has 1 rings (SSSR count). The minimum Gasteiger partial charge on any atom is -0.364 e. The quantitative estimate of drug-likeness (QED) is 0.619. The van der Waals surface area contributed by atoms with Crippen LogP contribution in [0.3, 0.4) is 0 Å². The van der Waals surface area contributed by atoms with E-state index in [4.69, 9.17) is 0 Å². The predicted octanol–water partition coefficient (Wildman–Crippen LogP) is 3.03. The lowest BCUT2D eigenvalue weighted by molar-refractivity contribution is -0.170. The lowest BCUT2D eigenvalue weighted by atomic mass is 10.1. The van der Waals surface area contributed by atoms with E-state index in [1.807, 2.05) is 0 Å². The molecular weight excluding hydrogens is 259 g/mol. The number of halogens is 5. The molecule has 0 unspecified atom stereocenters. The summed E-state index contributed by atoms with van der Waals surface area (Å²) in [7, 11) is 0. The molecule has 18 heavy (non-hydrogen) atoms. The van der Waals surface area contributed by atoms with Crippen molar-refractivity contribution < 1.29 is 31.5 Å². The van der Waals surface area contributed by atoms with Crippen LogP contribution in [0, 0.1) is 18.6 Å². The van der Waals surface area contributed by atoms with E-state index in [-0.39, 0.29) is 5.56 Å². The summed E-state index contributed by atoms with van der Waals surface area (Å²) in [5.74, 6) is -2.93. The van der Waals surface area contributed by atoms with Crippen molar-refractivity contribution in [3.05, 3.63) is 34.9 Å². The first-order valence-corrected chi connectivity index (χ1v) is 4.84. The van der Waals surface area contributed by atoms with Gasteiger partial charge in [0.05, 0.1) is 5.56 Å². The van der Waals surface area contributed by atoms with Gasteiger partial charge in [0.2, 0.25) is 0 Å². The van der Waals surface area contributed by atoms with Gasteiger partial charge in [0, 0.05) is 6.07 Å². The Morgan fingerprint density at radius 3 is 2.39 bits per heavy atom. The average molecular weight is 268 g/mol. The number of carbonyl (C=O) groups excluding carboxylic acids is 1. The molecule has 0 aliphatic heterocycles. The highest BCUT2D eigenvalue weighted by Gasteiger charge is 2.28. The van der Waals surface area contributed by atoms with Crippen molar-refractivity contribution in [2.24, 2.45) is 0 Å². The Morgan fingerprint density at radius 1 is 1.22 bits per heavy atom. The lowest BCUT2D eigenvalue weighted by Gasteiger charge is -2.08. The topological polar surface area (TPSA) is 26.3 Å². The van der Waals surface area contributed by atoms with Crippen molar-refractivity contribution in [3.8, 4) is 0 Å². The molecule has 1 aromatic rings. The van der Waals surface area contributed by atoms with Gasteiger partial charge in [-0.05, 0) is 18.6 Å². The lowest BCUT2D eigenvalue weighted by Crippen LogP contribution is -2.21. The third-order valence-corrected chi connectivity index (χ3v) is 2.05. The van der Waals surface area contributed by atoms with Gasteiger partial charge in [0.15, 0.2) is 5.78 Å². The number of alkyl halides is 3. The van der Waals surface area contributed by atoms with E-state index in [1.54, 1.807) is 0 Å². The Morgan fingerprint density at radius 2 is 1.83 bits per heavy atom. The minimum absolute atomic E-state index is 0.0237. The first-order valence-electron chi connectivity index (χ1n) is 4.84. The number of rotatable bonds is 4. The summed E-state index contributed by atoms with van der Waals surface area (Å²) in [4.78, 5) is 11.4. The molecule has 2 nitrogen and oxygen atoms in total. The smallest absolute Gasteiger partial charge is 0.364 e. The largest absolute Gasteiger partial charge is 0.411 e. The summed E-state index contributed by atoms with van der Waals surface area (Å²) in [5.41, 5.74) is -0.466. The zero-order valence-corrected chi connectivity index (χ0v) is 9.28. The maximum atomic E-state index is 13.2. The SMILES string of the molecule is Cc1cc(C(=O)COCC(F)(F)F)c(F)cc1F. The van der Waals surface area contributed by atoms with Gasteiger partial charge in [-0.3, -0.25) is 4.79 Å². The molecule has 0 saturated heterocycles. The summed E-state index contributed by atoms with van der Waals surface area (Å²) >= 11 is 0. The van der Waals surface area contributed by atoms with E-state index in [9.17, 15) is 26.7 Å². The maximum Gasteiger partial charge on any atom is 0.411 e. The maximum absolute atomic E-state index is 13.2. The number of hydrogen-bond acceptors (Lipinski definition) is 2. The zero-order valence-electron chi connectivity index (χ0n) is 9.28. The molecule has 0 amide bonds. The summed E-state index contributed by atoms with van der Waals surface area (Å²) in [6, 6.07) is 1.44. The molecule has 0 spiro atoms. The number of hydrogen-bond donors (Lipinski definition) is 0. The van der Waals surface area contributed by atoms with Crippen LogP contribution in [0.25, 0.3) is 0 Å². The van der Waals surface area contributed by atoms with Crippen molar-refractivity contribution >= 4 is 5.78 Å². The van der Waals surface area contributed by atoms with Crippen molar-refractivity contribution in [3.63, 3.8) is 0 Å².